The molecule has 0 aliphatic carbocycles. The van der Waals surface area contributed by atoms with E-state index in [9.17, 15) is 0 Å². The summed E-state index contributed by atoms with van der Waals surface area (Å²) in [4.78, 5) is 4.40. The summed E-state index contributed by atoms with van der Waals surface area (Å²) in [5, 5.41) is 12.2. The highest BCUT2D eigenvalue weighted by atomic mass is 79.9. The van der Waals surface area contributed by atoms with Crippen molar-refractivity contribution in [3.05, 3.63) is 64.8 Å². The molecule has 0 unspecified atom stereocenters. The Morgan fingerprint density at radius 2 is 1.85 bits per heavy atom. The quantitative estimate of drug-likeness (QED) is 0.447. The molecular formula is C19H15BrN4O3. The van der Waals surface area contributed by atoms with Crippen molar-refractivity contribution in [3.8, 4) is 28.6 Å². The highest BCUT2D eigenvalue weighted by Gasteiger charge is 2.15. The van der Waals surface area contributed by atoms with Gasteiger partial charge < -0.3 is 13.7 Å². The van der Waals surface area contributed by atoms with Gasteiger partial charge in [0.1, 0.15) is 12.2 Å². The molecule has 2 aromatic heterocycles. The number of nitrogens with zero attached hydrogens (tertiary/aromatic N) is 4. The lowest BCUT2D eigenvalue weighted by Crippen LogP contribution is -1.92. The smallest absolute Gasteiger partial charge is 0.247 e. The molecule has 0 saturated heterocycles. The fraction of sp³-hybridized carbons (Fsp3) is 0.158. The van der Waals surface area contributed by atoms with E-state index < -0.39 is 0 Å². The Labute approximate surface area is 163 Å². The molecule has 0 spiro atoms. The van der Waals surface area contributed by atoms with Crippen LogP contribution in [0, 0.1) is 0 Å². The van der Waals surface area contributed by atoms with Crippen LogP contribution in [0.1, 0.15) is 18.7 Å². The Hall–Kier alpha value is -3.00. The maximum absolute atomic E-state index is 5.70. The van der Waals surface area contributed by atoms with Crippen LogP contribution in [-0.4, -0.2) is 26.9 Å². The summed E-state index contributed by atoms with van der Waals surface area (Å²) in [6, 6.07) is 15.2. The van der Waals surface area contributed by atoms with Crippen LogP contribution < -0.4 is 4.74 Å². The van der Waals surface area contributed by atoms with Crippen molar-refractivity contribution < 1.29 is 13.7 Å². The summed E-state index contributed by atoms with van der Waals surface area (Å²) in [5.74, 6) is 2.49. The van der Waals surface area contributed by atoms with E-state index in [0.717, 1.165) is 21.3 Å². The standard InChI is InChI=1S/C19H15BrN4O3/c1-2-25-15-8-4-5-12(10-15)18-21-16(27-24-18)11-17-22-23-19(26-17)13-6-3-7-14(20)9-13/h3-10H,2,11H2,1H3. The first kappa shape index (κ1) is 17.4. The average Bonchev–Trinajstić information content (AvgIpc) is 3.32. The van der Waals surface area contributed by atoms with Crippen LogP contribution in [0.5, 0.6) is 5.75 Å². The normalized spacial score (nSPS) is 10.9. The topological polar surface area (TPSA) is 87.1 Å². The third-order valence-corrected chi connectivity index (χ3v) is 4.21. The van der Waals surface area contributed by atoms with E-state index in [1.54, 1.807) is 0 Å². The molecule has 0 atom stereocenters. The summed E-state index contributed by atoms with van der Waals surface area (Å²) in [6.07, 6.45) is 0.263. The van der Waals surface area contributed by atoms with E-state index in [2.05, 4.69) is 36.3 Å². The summed E-state index contributed by atoms with van der Waals surface area (Å²) < 4.78 is 17.5. The first-order valence-electron chi connectivity index (χ1n) is 8.35. The summed E-state index contributed by atoms with van der Waals surface area (Å²) in [7, 11) is 0. The summed E-state index contributed by atoms with van der Waals surface area (Å²) in [5.41, 5.74) is 1.65. The molecule has 0 amide bonds. The molecule has 0 N–H and O–H groups in total. The maximum atomic E-state index is 5.70. The van der Waals surface area contributed by atoms with Crippen molar-refractivity contribution in [2.24, 2.45) is 0 Å². The minimum absolute atomic E-state index is 0.263. The van der Waals surface area contributed by atoms with E-state index >= 15 is 0 Å². The molecule has 0 bridgehead atoms. The molecule has 0 saturated carbocycles. The number of ether oxygens (including phenoxy) is 1. The Bertz CT molecular complexity index is 1060. The number of aromatic nitrogens is 4. The minimum atomic E-state index is 0.263. The van der Waals surface area contributed by atoms with Gasteiger partial charge in [0.05, 0.1) is 6.61 Å². The number of rotatable bonds is 6. The molecular weight excluding hydrogens is 412 g/mol. The predicted octanol–water partition coefficient (Wildman–Crippen LogP) is 4.54. The SMILES string of the molecule is CCOc1cccc(-c2noc(Cc3nnc(-c4cccc(Br)c4)o3)n2)c1. The number of halogens is 1. The Morgan fingerprint density at radius 3 is 2.70 bits per heavy atom. The number of benzene rings is 2. The van der Waals surface area contributed by atoms with Crippen LogP contribution in [0.2, 0.25) is 0 Å². The second-order valence-electron chi connectivity index (χ2n) is 5.66. The molecule has 4 aromatic rings. The molecule has 8 heteroatoms. The predicted molar refractivity (Wildman–Crippen MR) is 101 cm³/mol. The lowest BCUT2D eigenvalue weighted by atomic mass is 10.2. The third kappa shape index (κ3) is 4.06. The van der Waals surface area contributed by atoms with Crippen molar-refractivity contribution in [1.82, 2.24) is 20.3 Å². The van der Waals surface area contributed by atoms with Crippen LogP contribution in [-0.2, 0) is 6.42 Å². The van der Waals surface area contributed by atoms with Crippen molar-refractivity contribution in [2.45, 2.75) is 13.3 Å². The Morgan fingerprint density at radius 1 is 1.00 bits per heavy atom. The Kier molecular flexibility index (Phi) is 4.97. The summed E-state index contributed by atoms with van der Waals surface area (Å²) in [6.45, 7) is 2.53. The van der Waals surface area contributed by atoms with Gasteiger partial charge in [-0.25, -0.2) is 0 Å². The molecule has 0 fully saturated rings. The van der Waals surface area contributed by atoms with Crippen molar-refractivity contribution >= 4 is 15.9 Å². The van der Waals surface area contributed by atoms with Gasteiger partial charge in [-0.1, -0.05) is 39.3 Å². The molecule has 0 aliphatic heterocycles. The van der Waals surface area contributed by atoms with Crippen molar-refractivity contribution in [1.29, 1.82) is 0 Å². The number of hydrogen-bond acceptors (Lipinski definition) is 7. The lowest BCUT2D eigenvalue weighted by Gasteiger charge is -2.02. The molecule has 2 aromatic carbocycles. The van der Waals surface area contributed by atoms with Crippen molar-refractivity contribution in [3.63, 3.8) is 0 Å². The van der Waals surface area contributed by atoms with Gasteiger partial charge >= 0.3 is 0 Å². The molecule has 0 aliphatic rings. The van der Waals surface area contributed by atoms with Crippen LogP contribution in [0.15, 0.2) is 61.9 Å². The molecule has 27 heavy (non-hydrogen) atoms. The molecule has 7 nitrogen and oxygen atoms in total. The fourth-order valence-corrected chi connectivity index (χ4v) is 2.93. The van der Waals surface area contributed by atoms with E-state index in [0.29, 0.717) is 30.1 Å². The summed E-state index contributed by atoms with van der Waals surface area (Å²) >= 11 is 3.43. The van der Waals surface area contributed by atoms with Gasteiger partial charge in [0.25, 0.3) is 0 Å². The number of hydrogen-bond donors (Lipinski definition) is 0. The van der Waals surface area contributed by atoms with Gasteiger partial charge in [-0.3, -0.25) is 0 Å². The van der Waals surface area contributed by atoms with Gasteiger partial charge in [0.15, 0.2) is 0 Å². The van der Waals surface area contributed by atoms with Gasteiger partial charge in [0, 0.05) is 15.6 Å². The highest BCUT2D eigenvalue weighted by molar-refractivity contribution is 9.10. The zero-order chi connectivity index (χ0) is 18.6. The largest absolute Gasteiger partial charge is 0.494 e. The van der Waals surface area contributed by atoms with Gasteiger partial charge in [-0.2, -0.15) is 4.98 Å². The maximum Gasteiger partial charge on any atom is 0.247 e. The Balaban J connectivity index is 1.51. The monoisotopic (exact) mass is 426 g/mol. The zero-order valence-corrected chi connectivity index (χ0v) is 16.0. The lowest BCUT2D eigenvalue weighted by molar-refractivity contribution is 0.340. The van der Waals surface area contributed by atoms with Crippen molar-refractivity contribution in [2.75, 3.05) is 6.61 Å². The van der Waals surface area contributed by atoms with Crippen LogP contribution in [0.4, 0.5) is 0 Å². The van der Waals surface area contributed by atoms with E-state index in [-0.39, 0.29) is 6.42 Å². The van der Waals surface area contributed by atoms with E-state index in [4.69, 9.17) is 13.7 Å². The van der Waals surface area contributed by atoms with Gasteiger partial charge in [-0.05, 0) is 37.3 Å². The first-order chi connectivity index (χ1) is 13.2. The molecule has 4 rings (SSSR count). The molecule has 0 radical (unpaired) electrons. The van der Waals surface area contributed by atoms with Gasteiger partial charge in [0.2, 0.25) is 23.5 Å². The molecule has 136 valence electrons. The molecule has 2 heterocycles. The van der Waals surface area contributed by atoms with Crippen LogP contribution in [0.25, 0.3) is 22.8 Å². The van der Waals surface area contributed by atoms with Crippen LogP contribution >= 0.6 is 15.9 Å². The zero-order valence-electron chi connectivity index (χ0n) is 14.4. The average molecular weight is 427 g/mol. The highest BCUT2D eigenvalue weighted by Crippen LogP contribution is 2.24. The third-order valence-electron chi connectivity index (χ3n) is 3.71. The second kappa shape index (κ2) is 7.71. The van der Waals surface area contributed by atoms with Gasteiger partial charge in [-0.15, -0.1) is 10.2 Å². The second-order valence-corrected chi connectivity index (χ2v) is 6.58. The first-order valence-corrected chi connectivity index (χ1v) is 9.14. The van der Waals surface area contributed by atoms with Crippen LogP contribution in [0.3, 0.4) is 0 Å². The fourth-order valence-electron chi connectivity index (χ4n) is 2.53. The van der Waals surface area contributed by atoms with E-state index in [1.165, 1.54) is 0 Å². The minimum Gasteiger partial charge on any atom is -0.494 e. The van der Waals surface area contributed by atoms with E-state index in [1.807, 2.05) is 55.5 Å².